The summed E-state index contributed by atoms with van der Waals surface area (Å²) in [6, 6.07) is 3.86. The van der Waals surface area contributed by atoms with Gasteiger partial charge in [0.15, 0.2) is 0 Å². The van der Waals surface area contributed by atoms with Crippen LogP contribution in [0.2, 0.25) is 0 Å². The van der Waals surface area contributed by atoms with Crippen molar-refractivity contribution >= 4 is 16.9 Å². The second-order valence-electron chi connectivity index (χ2n) is 4.98. The molecule has 1 aromatic carbocycles. The Labute approximate surface area is 118 Å². The van der Waals surface area contributed by atoms with E-state index in [2.05, 4.69) is 13.0 Å². The Bertz CT molecular complexity index is 628. The van der Waals surface area contributed by atoms with Gasteiger partial charge in [0.25, 0.3) is 0 Å². The van der Waals surface area contributed by atoms with Crippen LogP contribution in [0.1, 0.15) is 41.8 Å². The maximum Gasteiger partial charge on any atom is 0.337 e. The van der Waals surface area contributed by atoms with Gasteiger partial charge >= 0.3 is 5.97 Å². The molecule has 0 aliphatic heterocycles. The Balaban J connectivity index is 2.72. The van der Waals surface area contributed by atoms with Gasteiger partial charge in [-0.2, -0.15) is 0 Å². The summed E-state index contributed by atoms with van der Waals surface area (Å²) in [4.78, 5) is 11.5. The summed E-state index contributed by atoms with van der Waals surface area (Å²) < 4.78 is 1.97. The fourth-order valence-electron chi connectivity index (χ4n) is 2.64. The number of benzene rings is 1. The summed E-state index contributed by atoms with van der Waals surface area (Å²) in [5, 5.41) is 19.5. The van der Waals surface area contributed by atoms with E-state index < -0.39 is 5.97 Å². The molecule has 0 bridgehead atoms. The number of carboxylic acid groups (broad SMARTS) is 1. The zero-order chi connectivity index (χ0) is 14.7. The van der Waals surface area contributed by atoms with Gasteiger partial charge in [-0.15, -0.1) is 0 Å². The molecule has 0 fully saturated rings. The lowest BCUT2D eigenvalue weighted by Gasteiger charge is -2.08. The molecule has 2 N–H and O–H groups in total. The molecule has 2 rings (SSSR count). The molecule has 0 unspecified atom stereocenters. The van der Waals surface area contributed by atoms with Crippen LogP contribution in [0.15, 0.2) is 18.3 Å². The molecule has 4 nitrogen and oxygen atoms in total. The molecule has 4 heteroatoms. The minimum atomic E-state index is -0.892. The van der Waals surface area contributed by atoms with Crippen LogP contribution in [0.25, 0.3) is 10.9 Å². The van der Waals surface area contributed by atoms with Crippen LogP contribution in [0.4, 0.5) is 0 Å². The molecule has 108 valence electrons. The standard InChI is InChI=1S/C16H21NO3/c1-3-11-8-13-12(4-2)10-17(6-5-7-18)15(13)14(9-11)16(19)20/h8-10,18H,3-7H2,1-2H3,(H,19,20). The van der Waals surface area contributed by atoms with Crippen molar-refractivity contribution in [3.63, 3.8) is 0 Å². The molecule has 0 saturated heterocycles. The summed E-state index contributed by atoms with van der Waals surface area (Å²) in [7, 11) is 0. The Morgan fingerprint density at radius 2 is 2.00 bits per heavy atom. The molecule has 0 atom stereocenters. The first-order chi connectivity index (χ1) is 9.62. The van der Waals surface area contributed by atoms with Gasteiger partial charge in [0, 0.05) is 24.7 Å². The van der Waals surface area contributed by atoms with E-state index >= 15 is 0 Å². The molecular formula is C16H21NO3. The number of nitrogens with zero attached hydrogens (tertiary/aromatic N) is 1. The molecule has 2 aromatic rings. The molecule has 0 spiro atoms. The SMILES string of the molecule is CCc1cc(C(=O)O)c2c(c1)c(CC)cn2CCCO. The van der Waals surface area contributed by atoms with E-state index in [0.29, 0.717) is 18.5 Å². The van der Waals surface area contributed by atoms with E-state index in [9.17, 15) is 9.90 Å². The van der Waals surface area contributed by atoms with Gasteiger partial charge in [-0.25, -0.2) is 4.79 Å². The zero-order valence-electron chi connectivity index (χ0n) is 12.0. The minimum Gasteiger partial charge on any atom is -0.478 e. The monoisotopic (exact) mass is 275 g/mol. The fraction of sp³-hybridized carbons (Fsp3) is 0.438. The molecule has 1 aromatic heterocycles. The minimum absolute atomic E-state index is 0.108. The van der Waals surface area contributed by atoms with Crippen molar-refractivity contribution in [3.8, 4) is 0 Å². The predicted molar refractivity (Wildman–Crippen MR) is 79.4 cm³/mol. The van der Waals surface area contributed by atoms with Crippen LogP contribution in [0, 0.1) is 0 Å². The van der Waals surface area contributed by atoms with Gasteiger partial charge in [0.1, 0.15) is 0 Å². The first kappa shape index (κ1) is 14.6. The summed E-state index contributed by atoms with van der Waals surface area (Å²) >= 11 is 0. The van der Waals surface area contributed by atoms with Gasteiger partial charge < -0.3 is 14.8 Å². The number of hydrogen-bond acceptors (Lipinski definition) is 2. The van der Waals surface area contributed by atoms with E-state index in [1.165, 1.54) is 0 Å². The highest BCUT2D eigenvalue weighted by Crippen LogP contribution is 2.28. The number of aryl methyl sites for hydroxylation is 3. The number of aliphatic hydroxyl groups excluding tert-OH is 1. The van der Waals surface area contributed by atoms with Crippen molar-refractivity contribution in [2.45, 2.75) is 39.7 Å². The Kier molecular flexibility index (Phi) is 4.45. The first-order valence-corrected chi connectivity index (χ1v) is 7.11. The molecule has 0 aliphatic rings. The van der Waals surface area contributed by atoms with Crippen LogP contribution in [0.5, 0.6) is 0 Å². The van der Waals surface area contributed by atoms with E-state index in [0.717, 1.165) is 34.9 Å². The Hall–Kier alpha value is -1.81. The van der Waals surface area contributed by atoms with E-state index in [-0.39, 0.29) is 6.61 Å². The highest BCUT2D eigenvalue weighted by molar-refractivity contribution is 6.03. The summed E-state index contributed by atoms with van der Waals surface area (Å²) in [5.74, 6) is -0.892. The third-order valence-corrected chi connectivity index (χ3v) is 3.69. The average Bonchev–Trinajstić information content (AvgIpc) is 2.81. The van der Waals surface area contributed by atoms with Crippen LogP contribution in [-0.2, 0) is 19.4 Å². The molecule has 0 saturated carbocycles. The molecular weight excluding hydrogens is 254 g/mol. The summed E-state index contributed by atoms with van der Waals surface area (Å²) in [5.41, 5.74) is 3.34. The van der Waals surface area contributed by atoms with Crippen LogP contribution < -0.4 is 0 Å². The van der Waals surface area contributed by atoms with Crippen LogP contribution in [-0.4, -0.2) is 27.4 Å². The molecule has 0 amide bonds. The number of carboxylic acids is 1. The fourth-order valence-corrected chi connectivity index (χ4v) is 2.64. The van der Waals surface area contributed by atoms with Gasteiger partial charge in [0.05, 0.1) is 11.1 Å². The largest absolute Gasteiger partial charge is 0.478 e. The highest BCUT2D eigenvalue weighted by atomic mass is 16.4. The van der Waals surface area contributed by atoms with Gasteiger partial charge in [0.2, 0.25) is 0 Å². The Morgan fingerprint density at radius 3 is 2.55 bits per heavy atom. The van der Waals surface area contributed by atoms with Gasteiger partial charge in [-0.05, 0) is 42.5 Å². The van der Waals surface area contributed by atoms with Crippen LogP contribution >= 0.6 is 0 Å². The predicted octanol–water partition coefficient (Wildman–Crippen LogP) is 2.85. The second-order valence-corrected chi connectivity index (χ2v) is 4.98. The quantitative estimate of drug-likeness (QED) is 0.852. The highest BCUT2D eigenvalue weighted by Gasteiger charge is 2.17. The zero-order valence-corrected chi connectivity index (χ0v) is 12.0. The van der Waals surface area contributed by atoms with Crippen LogP contribution in [0.3, 0.4) is 0 Å². The molecule has 0 aliphatic carbocycles. The number of rotatable bonds is 6. The third kappa shape index (κ3) is 2.56. The number of hydrogen-bond donors (Lipinski definition) is 2. The number of fused-ring (bicyclic) bond motifs is 1. The smallest absolute Gasteiger partial charge is 0.337 e. The topological polar surface area (TPSA) is 62.5 Å². The van der Waals surface area contributed by atoms with E-state index in [1.54, 1.807) is 6.07 Å². The molecule has 1 heterocycles. The van der Waals surface area contributed by atoms with E-state index in [4.69, 9.17) is 5.11 Å². The van der Waals surface area contributed by atoms with Crippen molar-refractivity contribution < 1.29 is 15.0 Å². The lowest BCUT2D eigenvalue weighted by molar-refractivity contribution is 0.0698. The maximum atomic E-state index is 11.5. The molecule has 0 radical (unpaired) electrons. The lowest BCUT2D eigenvalue weighted by Crippen LogP contribution is -2.05. The summed E-state index contributed by atoms with van der Waals surface area (Å²) in [6.45, 7) is 4.85. The summed E-state index contributed by atoms with van der Waals surface area (Å²) in [6.07, 6.45) is 4.34. The van der Waals surface area contributed by atoms with Crippen molar-refractivity contribution in [2.24, 2.45) is 0 Å². The van der Waals surface area contributed by atoms with Crippen molar-refractivity contribution in [1.82, 2.24) is 4.57 Å². The van der Waals surface area contributed by atoms with Crippen molar-refractivity contribution in [3.05, 3.63) is 35.0 Å². The Morgan fingerprint density at radius 1 is 1.25 bits per heavy atom. The second kappa shape index (κ2) is 6.09. The van der Waals surface area contributed by atoms with Crippen molar-refractivity contribution in [2.75, 3.05) is 6.61 Å². The van der Waals surface area contributed by atoms with Gasteiger partial charge in [-0.1, -0.05) is 13.8 Å². The maximum absolute atomic E-state index is 11.5. The van der Waals surface area contributed by atoms with Gasteiger partial charge in [-0.3, -0.25) is 0 Å². The average molecular weight is 275 g/mol. The third-order valence-electron chi connectivity index (χ3n) is 3.69. The van der Waals surface area contributed by atoms with E-state index in [1.807, 2.05) is 17.7 Å². The number of aromatic carboxylic acids is 1. The number of aromatic nitrogens is 1. The normalized spacial score (nSPS) is 11.2. The van der Waals surface area contributed by atoms with Crippen molar-refractivity contribution in [1.29, 1.82) is 0 Å². The number of carbonyl (C=O) groups is 1. The number of aliphatic hydroxyl groups is 1. The molecule has 20 heavy (non-hydrogen) atoms. The lowest BCUT2D eigenvalue weighted by atomic mass is 10.0. The first-order valence-electron chi connectivity index (χ1n) is 7.11.